The maximum absolute atomic E-state index is 13.9. The molecule has 7 nitrogen and oxygen atoms in total. The van der Waals surface area contributed by atoms with Gasteiger partial charge in [-0.3, -0.25) is 14.4 Å². The highest BCUT2D eigenvalue weighted by atomic mass is 16.4. The Kier molecular flexibility index (Phi) is 6.49. The summed E-state index contributed by atoms with van der Waals surface area (Å²) in [6.45, 7) is 4.02. The molecule has 200 valence electrons. The lowest BCUT2D eigenvalue weighted by Gasteiger charge is -2.60. The number of benzene rings is 1. The zero-order valence-corrected chi connectivity index (χ0v) is 21.6. The Hall–Kier alpha value is -2.35. The van der Waals surface area contributed by atoms with Gasteiger partial charge in [0.25, 0.3) is 0 Å². The number of aliphatic carboxylic acids is 1. The van der Waals surface area contributed by atoms with Crippen LogP contribution in [0.5, 0.6) is 0 Å². The molecule has 3 saturated carbocycles. The number of carbonyl (C=O) groups is 3. The number of allylic oxidation sites excluding steroid dienone is 1. The van der Waals surface area contributed by atoms with E-state index in [0.29, 0.717) is 24.8 Å². The predicted molar refractivity (Wildman–Crippen MR) is 135 cm³/mol. The first-order valence-corrected chi connectivity index (χ1v) is 13.6. The summed E-state index contributed by atoms with van der Waals surface area (Å²) in [7, 11) is 0. The summed E-state index contributed by atoms with van der Waals surface area (Å²) >= 11 is 0. The fourth-order valence-electron chi connectivity index (χ4n) is 8.82. The van der Waals surface area contributed by atoms with Crippen molar-refractivity contribution < 1.29 is 34.8 Å². The van der Waals surface area contributed by atoms with Gasteiger partial charge in [-0.25, -0.2) is 0 Å². The minimum absolute atomic E-state index is 0.0206. The summed E-state index contributed by atoms with van der Waals surface area (Å²) < 4.78 is 0. The van der Waals surface area contributed by atoms with Crippen LogP contribution in [-0.4, -0.2) is 55.8 Å². The number of rotatable bonds is 6. The summed E-state index contributed by atoms with van der Waals surface area (Å²) in [6.07, 6.45) is 2.62. The van der Waals surface area contributed by atoms with E-state index in [2.05, 4.69) is 6.92 Å². The molecule has 1 aromatic carbocycles. The van der Waals surface area contributed by atoms with E-state index in [1.165, 1.54) is 0 Å². The number of carboxylic acid groups (broad SMARTS) is 1. The molecule has 0 aromatic heterocycles. The highest BCUT2D eigenvalue weighted by Gasteiger charge is 2.69. The molecule has 4 N–H and O–H groups in total. The third kappa shape index (κ3) is 3.93. The van der Waals surface area contributed by atoms with Crippen molar-refractivity contribution in [3.63, 3.8) is 0 Å². The lowest BCUT2D eigenvalue weighted by Crippen LogP contribution is -2.63. The van der Waals surface area contributed by atoms with Crippen LogP contribution in [0.2, 0.25) is 0 Å². The number of fused-ring (bicyclic) bond motifs is 5. The molecule has 0 bridgehead atoms. The Morgan fingerprint density at radius 3 is 2.46 bits per heavy atom. The molecule has 3 fully saturated rings. The van der Waals surface area contributed by atoms with Crippen LogP contribution in [0, 0.1) is 28.6 Å². The molecule has 4 aliphatic rings. The molecule has 0 amide bonds. The first kappa shape index (κ1) is 26.3. The van der Waals surface area contributed by atoms with E-state index >= 15 is 0 Å². The number of aliphatic hydroxyl groups excluding tert-OH is 2. The van der Waals surface area contributed by atoms with Crippen molar-refractivity contribution in [1.82, 2.24) is 0 Å². The normalized spacial score (nSPS) is 40.6. The Balaban J connectivity index is 1.46. The standard InChI is InChI=1S/C30H38O7/c1-28-12-10-19(31)14-18(28)8-9-20-22-11-13-30(37,29(22,2)16-23(32)25(20)28)27(36)26(35)21(15-24(33)34)17-6-4-3-5-7-17/h3-7,14,20-23,25-26,32,35,37H,8-13,15-16H2,1-2H3,(H,33,34)/t20-,21?,22-,23-,25+,26?,28-,29-,30-/m0/s1. The van der Waals surface area contributed by atoms with Gasteiger partial charge in [-0.05, 0) is 73.3 Å². The molecule has 0 aliphatic heterocycles. The van der Waals surface area contributed by atoms with Gasteiger partial charge in [-0.15, -0.1) is 0 Å². The van der Waals surface area contributed by atoms with Crippen LogP contribution in [0.3, 0.4) is 0 Å². The van der Waals surface area contributed by atoms with Crippen LogP contribution in [0.4, 0.5) is 0 Å². The molecule has 0 saturated heterocycles. The van der Waals surface area contributed by atoms with Gasteiger partial charge in [0.2, 0.25) is 0 Å². The summed E-state index contributed by atoms with van der Waals surface area (Å²) in [6, 6.07) is 8.60. The zero-order valence-electron chi connectivity index (χ0n) is 21.6. The molecule has 0 spiro atoms. The number of carbonyl (C=O) groups excluding carboxylic acids is 2. The Morgan fingerprint density at radius 2 is 1.78 bits per heavy atom. The highest BCUT2D eigenvalue weighted by Crippen LogP contribution is 2.67. The molecule has 1 aromatic rings. The molecule has 4 aliphatic carbocycles. The maximum atomic E-state index is 13.9. The molecule has 0 radical (unpaired) electrons. The second-order valence-electron chi connectivity index (χ2n) is 12.4. The van der Waals surface area contributed by atoms with E-state index in [0.717, 1.165) is 18.4 Å². The minimum atomic E-state index is -1.87. The third-order valence-corrected chi connectivity index (χ3v) is 10.7. The fraction of sp³-hybridized carbons (Fsp3) is 0.633. The first-order valence-electron chi connectivity index (χ1n) is 13.6. The number of hydrogen-bond donors (Lipinski definition) is 4. The molecule has 5 rings (SSSR count). The fourth-order valence-corrected chi connectivity index (χ4v) is 8.82. The molecule has 9 atom stereocenters. The number of aliphatic hydroxyl groups is 3. The molecular weight excluding hydrogens is 472 g/mol. The van der Waals surface area contributed by atoms with Gasteiger partial charge < -0.3 is 20.4 Å². The van der Waals surface area contributed by atoms with Crippen LogP contribution in [-0.2, 0) is 14.4 Å². The molecule has 37 heavy (non-hydrogen) atoms. The molecular formula is C30H38O7. The lowest BCUT2D eigenvalue weighted by atomic mass is 9.45. The van der Waals surface area contributed by atoms with E-state index in [9.17, 15) is 34.8 Å². The Labute approximate surface area is 217 Å². The summed E-state index contributed by atoms with van der Waals surface area (Å²) in [4.78, 5) is 37.6. The van der Waals surface area contributed by atoms with Crippen LogP contribution in [0.1, 0.15) is 76.7 Å². The first-order chi connectivity index (χ1) is 17.4. The average molecular weight is 511 g/mol. The van der Waals surface area contributed by atoms with E-state index in [1.807, 2.05) is 6.92 Å². The average Bonchev–Trinajstić information content (AvgIpc) is 3.13. The summed E-state index contributed by atoms with van der Waals surface area (Å²) in [5.74, 6) is -2.70. The van der Waals surface area contributed by atoms with Crippen molar-refractivity contribution in [2.24, 2.45) is 28.6 Å². The number of carboxylic acids is 1. The largest absolute Gasteiger partial charge is 0.481 e. The van der Waals surface area contributed by atoms with Crippen LogP contribution < -0.4 is 0 Å². The highest BCUT2D eigenvalue weighted by molar-refractivity contribution is 5.94. The second-order valence-corrected chi connectivity index (χ2v) is 12.4. The van der Waals surface area contributed by atoms with Gasteiger partial charge in [-0.2, -0.15) is 0 Å². The van der Waals surface area contributed by atoms with Crippen molar-refractivity contribution in [2.75, 3.05) is 0 Å². The number of hydrogen-bond acceptors (Lipinski definition) is 6. The van der Waals surface area contributed by atoms with Crippen molar-refractivity contribution in [3.8, 4) is 0 Å². The van der Waals surface area contributed by atoms with E-state index in [1.54, 1.807) is 36.4 Å². The number of Topliss-reactive ketones (excluding diaryl/α,β-unsaturated/α-hetero) is 1. The number of ketones is 2. The minimum Gasteiger partial charge on any atom is -0.481 e. The maximum Gasteiger partial charge on any atom is 0.304 e. The van der Waals surface area contributed by atoms with Crippen molar-refractivity contribution in [1.29, 1.82) is 0 Å². The van der Waals surface area contributed by atoms with Gasteiger partial charge in [0, 0.05) is 17.8 Å². The smallest absolute Gasteiger partial charge is 0.304 e. The SMILES string of the molecule is C[C@]12CCC(=O)C=C1CC[C@@H]1[C@@H]2[C@@H](O)C[C@@]2(C)[C@H]1CC[C@]2(O)C(=O)C(O)C(CC(=O)O)c1ccccc1. The van der Waals surface area contributed by atoms with Crippen molar-refractivity contribution in [3.05, 3.63) is 47.5 Å². The summed E-state index contributed by atoms with van der Waals surface area (Å²) in [5, 5.41) is 44.4. The Morgan fingerprint density at radius 1 is 1.08 bits per heavy atom. The van der Waals surface area contributed by atoms with Gasteiger partial charge >= 0.3 is 5.97 Å². The van der Waals surface area contributed by atoms with Gasteiger partial charge in [0.05, 0.1) is 12.5 Å². The molecule has 7 heteroatoms. The topological polar surface area (TPSA) is 132 Å². The molecule has 2 unspecified atom stereocenters. The van der Waals surface area contributed by atoms with Gasteiger partial charge in [0.1, 0.15) is 11.7 Å². The van der Waals surface area contributed by atoms with Crippen molar-refractivity contribution >= 4 is 17.5 Å². The van der Waals surface area contributed by atoms with Crippen LogP contribution in [0.15, 0.2) is 42.0 Å². The summed E-state index contributed by atoms with van der Waals surface area (Å²) in [5.41, 5.74) is -1.44. The second kappa shape index (κ2) is 9.14. The predicted octanol–water partition coefficient (Wildman–Crippen LogP) is 3.41. The van der Waals surface area contributed by atoms with Crippen LogP contribution >= 0.6 is 0 Å². The van der Waals surface area contributed by atoms with Gasteiger partial charge in [0.15, 0.2) is 11.6 Å². The van der Waals surface area contributed by atoms with Gasteiger partial charge in [-0.1, -0.05) is 49.8 Å². The Bertz CT molecular complexity index is 1130. The van der Waals surface area contributed by atoms with Crippen molar-refractivity contribution in [2.45, 2.75) is 88.9 Å². The quantitative estimate of drug-likeness (QED) is 0.461. The zero-order chi connectivity index (χ0) is 26.8. The molecule has 0 heterocycles. The lowest BCUT2D eigenvalue weighted by molar-refractivity contribution is -0.186. The monoisotopic (exact) mass is 510 g/mol. The van der Waals surface area contributed by atoms with E-state index in [4.69, 9.17) is 0 Å². The third-order valence-electron chi connectivity index (χ3n) is 10.7. The van der Waals surface area contributed by atoms with E-state index in [-0.39, 0.29) is 41.8 Å². The van der Waals surface area contributed by atoms with E-state index < -0.39 is 47.3 Å². The van der Waals surface area contributed by atoms with Crippen LogP contribution in [0.25, 0.3) is 0 Å².